The van der Waals surface area contributed by atoms with Crippen molar-refractivity contribution in [2.45, 2.75) is 23.6 Å². The van der Waals surface area contributed by atoms with Crippen molar-refractivity contribution in [2.24, 2.45) is 0 Å². The number of carbonyl (C=O) groups excluding carboxylic acids is 1. The van der Waals surface area contributed by atoms with Gasteiger partial charge in [-0.1, -0.05) is 11.8 Å². The summed E-state index contributed by atoms with van der Waals surface area (Å²) in [5.74, 6) is -0.223. The number of nitrogens with zero attached hydrogens (tertiary/aromatic N) is 3. The standard InChI is InChI=1S/C25H25N5O3S3/c1-16-13-21(35-20-7-5-19(6-8-20)30(26-3)36(4,32)33)14-17(2)23(16)22-15-34-25(28-22)29-24(31)18-9-11-27-12-10-18/h5-15,26H,1-4H3,(H,28,29,31). The molecule has 2 aromatic carbocycles. The molecule has 186 valence electrons. The van der Waals surface area contributed by atoms with Gasteiger partial charge in [0.2, 0.25) is 10.0 Å². The van der Waals surface area contributed by atoms with Crippen LogP contribution in [0.1, 0.15) is 21.5 Å². The predicted octanol–water partition coefficient (Wildman–Crippen LogP) is 5.13. The monoisotopic (exact) mass is 539 g/mol. The molecule has 0 saturated carbocycles. The summed E-state index contributed by atoms with van der Waals surface area (Å²) >= 11 is 2.98. The molecule has 0 fully saturated rings. The highest BCUT2D eigenvalue weighted by atomic mass is 32.2. The molecule has 0 aliphatic carbocycles. The third-order valence-corrected chi connectivity index (χ3v) is 8.06. The maximum Gasteiger partial charge on any atom is 0.257 e. The fourth-order valence-electron chi connectivity index (χ4n) is 3.78. The Kier molecular flexibility index (Phi) is 7.74. The zero-order valence-electron chi connectivity index (χ0n) is 20.1. The number of hydrazine groups is 1. The number of anilines is 2. The molecule has 0 unspecified atom stereocenters. The number of benzene rings is 2. The Morgan fingerprint density at radius 1 is 1.00 bits per heavy atom. The van der Waals surface area contributed by atoms with E-state index in [1.54, 1.807) is 55.5 Å². The van der Waals surface area contributed by atoms with Crippen LogP contribution in [-0.2, 0) is 10.0 Å². The van der Waals surface area contributed by atoms with Crippen LogP contribution >= 0.6 is 23.1 Å². The maximum absolute atomic E-state index is 12.4. The summed E-state index contributed by atoms with van der Waals surface area (Å²) in [4.78, 5) is 23.1. The van der Waals surface area contributed by atoms with Gasteiger partial charge in [0.05, 0.1) is 17.6 Å². The van der Waals surface area contributed by atoms with Crippen LogP contribution in [0.3, 0.4) is 0 Å². The van der Waals surface area contributed by atoms with E-state index in [1.165, 1.54) is 11.3 Å². The Morgan fingerprint density at radius 3 is 2.22 bits per heavy atom. The normalized spacial score (nSPS) is 11.3. The number of amides is 1. The van der Waals surface area contributed by atoms with Crippen molar-refractivity contribution in [2.75, 3.05) is 23.0 Å². The molecule has 4 aromatic rings. The zero-order valence-corrected chi connectivity index (χ0v) is 22.6. The van der Waals surface area contributed by atoms with E-state index in [-0.39, 0.29) is 5.91 Å². The molecule has 0 bridgehead atoms. The van der Waals surface area contributed by atoms with Gasteiger partial charge in [-0.15, -0.1) is 11.3 Å². The van der Waals surface area contributed by atoms with Crippen molar-refractivity contribution < 1.29 is 13.2 Å². The average Bonchev–Trinajstić information content (AvgIpc) is 3.27. The highest BCUT2D eigenvalue weighted by Gasteiger charge is 2.16. The lowest BCUT2D eigenvalue weighted by Gasteiger charge is -2.20. The quantitative estimate of drug-likeness (QED) is 0.299. The number of carbonyl (C=O) groups is 1. The predicted molar refractivity (Wildman–Crippen MR) is 146 cm³/mol. The van der Waals surface area contributed by atoms with Crippen LogP contribution in [-0.4, -0.2) is 37.6 Å². The van der Waals surface area contributed by atoms with Crippen molar-refractivity contribution in [1.82, 2.24) is 15.4 Å². The van der Waals surface area contributed by atoms with Crippen LogP contribution in [0.4, 0.5) is 10.8 Å². The first-order valence-electron chi connectivity index (χ1n) is 10.9. The molecule has 1 amide bonds. The molecule has 2 aromatic heterocycles. The first-order chi connectivity index (χ1) is 17.2. The summed E-state index contributed by atoms with van der Waals surface area (Å²) in [6.07, 6.45) is 4.31. The lowest BCUT2D eigenvalue weighted by molar-refractivity contribution is 0.102. The number of aromatic nitrogens is 2. The largest absolute Gasteiger partial charge is 0.298 e. The average molecular weight is 540 g/mol. The highest BCUT2D eigenvalue weighted by Crippen LogP contribution is 2.36. The Labute approximate surface area is 218 Å². The first kappa shape index (κ1) is 25.8. The lowest BCUT2D eigenvalue weighted by atomic mass is 10.0. The van der Waals surface area contributed by atoms with E-state index >= 15 is 0 Å². The molecule has 36 heavy (non-hydrogen) atoms. The minimum Gasteiger partial charge on any atom is -0.298 e. The summed E-state index contributed by atoms with van der Waals surface area (Å²) < 4.78 is 25.0. The molecule has 0 spiro atoms. The molecule has 2 heterocycles. The van der Waals surface area contributed by atoms with Gasteiger partial charge in [0, 0.05) is 45.7 Å². The molecule has 0 atom stereocenters. The smallest absolute Gasteiger partial charge is 0.257 e. The maximum atomic E-state index is 12.4. The van der Waals surface area contributed by atoms with Crippen LogP contribution < -0.4 is 15.2 Å². The van der Waals surface area contributed by atoms with E-state index < -0.39 is 10.0 Å². The van der Waals surface area contributed by atoms with Crippen LogP contribution in [0.25, 0.3) is 11.3 Å². The van der Waals surface area contributed by atoms with Crippen LogP contribution in [0.2, 0.25) is 0 Å². The Balaban J connectivity index is 1.50. The van der Waals surface area contributed by atoms with E-state index in [9.17, 15) is 13.2 Å². The van der Waals surface area contributed by atoms with E-state index in [4.69, 9.17) is 0 Å². The lowest BCUT2D eigenvalue weighted by Crippen LogP contribution is -2.39. The van der Waals surface area contributed by atoms with Gasteiger partial charge in [-0.05, 0) is 73.5 Å². The summed E-state index contributed by atoms with van der Waals surface area (Å²) in [6, 6.07) is 14.8. The Bertz CT molecular complexity index is 1460. The number of aryl methyl sites for hydroxylation is 2. The van der Waals surface area contributed by atoms with Crippen molar-refractivity contribution in [3.63, 3.8) is 0 Å². The topological polar surface area (TPSA) is 104 Å². The van der Waals surface area contributed by atoms with Crippen molar-refractivity contribution in [1.29, 1.82) is 0 Å². The van der Waals surface area contributed by atoms with Crippen molar-refractivity contribution in [3.8, 4) is 11.3 Å². The second kappa shape index (κ2) is 10.8. The SMILES string of the molecule is CNN(c1ccc(Sc2cc(C)c(-c3csc(NC(=O)c4ccncc4)n3)c(C)c2)cc1)S(C)(=O)=O. The minimum absolute atomic E-state index is 0.223. The number of rotatable bonds is 8. The van der Waals surface area contributed by atoms with Gasteiger partial charge in [-0.2, -0.15) is 0 Å². The summed E-state index contributed by atoms with van der Waals surface area (Å²) in [5.41, 5.74) is 7.76. The van der Waals surface area contributed by atoms with E-state index in [0.717, 1.165) is 42.8 Å². The van der Waals surface area contributed by atoms with Crippen molar-refractivity contribution in [3.05, 3.63) is 83.0 Å². The number of sulfonamides is 1. The molecule has 2 N–H and O–H groups in total. The Morgan fingerprint density at radius 2 is 1.64 bits per heavy atom. The third kappa shape index (κ3) is 5.93. The van der Waals surface area contributed by atoms with Gasteiger partial charge in [-0.25, -0.2) is 23.2 Å². The number of nitrogens with one attached hydrogen (secondary N) is 2. The number of hydrogen-bond acceptors (Lipinski definition) is 8. The second-order valence-corrected chi connectivity index (χ2v) is 11.8. The van der Waals surface area contributed by atoms with Gasteiger partial charge in [0.1, 0.15) is 0 Å². The van der Waals surface area contributed by atoms with E-state index in [2.05, 4.69) is 32.8 Å². The van der Waals surface area contributed by atoms with Crippen LogP contribution in [0, 0.1) is 13.8 Å². The second-order valence-electron chi connectivity index (χ2n) is 8.01. The number of thiazole rings is 1. The van der Waals surface area contributed by atoms with Gasteiger partial charge in [-0.3, -0.25) is 15.1 Å². The molecule has 0 saturated heterocycles. The third-order valence-electron chi connectivity index (χ3n) is 5.27. The minimum atomic E-state index is -3.42. The summed E-state index contributed by atoms with van der Waals surface area (Å²) in [5, 5.41) is 5.33. The van der Waals surface area contributed by atoms with E-state index in [0.29, 0.717) is 16.4 Å². The number of hydrogen-bond donors (Lipinski definition) is 2. The Hall–Kier alpha value is -3.25. The first-order valence-corrected chi connectivity index (χ1v) is 14.4. The molecular formula is C25H25N5O3S3. The molecule has 0 aliphatic heterocycles. The molecular weight excluding hydrogens is 515 g/mol. The van der Waals surface area contributed by atoms with Crippen LogP contribution in [0.15, 0.2) is 76.1 Å². The van der Waals surface area contributed by atoms with Gasteiger partial charge >= 0.3 is 0 Å². The summed E-state index contributed by atoms with van der Waals surface area (Å²) in [6.45, 7) is 4.09. The fraction of sp³-hybridized carbons (Fsp3) is 0.160. The van der Waals surface area contributed by atoms with E-state index in [1.807, 2.05) is 31.4 Å². The van der Waals surface area contributed by atoms with Gasteiger partial charge in [0.15, 0.2) is 5.13 Å². The zero-order chi connectivity index (χ0) is 25.9. The van der Waals surface area contributed by atoms with Crippen molar-refractivity contribution >= 4 is 49.8 Å². The molecule has 0 radical (unpaired) electrons. The highest BCUT2D eigenvalue weighted by molar-refractivity contribution is 7.99. The molecule has 0 aliphatic rings. The fourth-order valence-corrected chi connectivity index (χ4v) is 6.33. The number of pyridine rings is 1. The van der Waals surface area contributed by atoms with Gasteiger partial charge < -0.3 is 0 Å². The molecule has 4 rings (SSSR count). The molecule has 11 heteroatoms. The molecule has 8 nitrogen and oxygen atoms in total. The summed E-state index contributed by atoms with van der Waals surface area (Å²) in [7, 11) is -1.85. The van der Waals surface area contributed by atoms with Crippen LogP contribution in [0.5, 0.6) is 0 Å². The van der Waals surface area contributed by atoms with Gasteiger partial charge in [0.25, 0.3) is 5.91 Å².